The van der Waals surface area contributed by atoms with Crippen LogP contribution in [-0.2, 0) is 6.42 Å². The number of amides is 1. The Labute approximate surface area is 131 Å². The van der Waals surface area contributed by atoms with Crippen LogP contribution >= 0.6 is 11.3 Å². The van der Waals surface area contributed by atoms with Crippen LogP contribution < -0.4 is 0 Å². The van der Waals surface area contributed by atoms with E-state index in [1.807, 2.05) is 17.9 Å². The molecule has 0 bridgehead atoms. The van der Waals surface area contributed by atoms with Gasteiger partial charge in [0.25, 0.3) is 5.91 Å². The van der Waals surface area contributed by atoms with Gasteiger partial charge in [-0.1, -0.05) is 13.8 Å². The lowest BCUT2D eigenvalue weighted by molar-refractivity contribution is 0.0527. The normalized spacial score (nSPS) is 18.0. The molecular weight excluding hydrogens is 284 g/mol. The van der Waals surface area contributed by atoms with Crippen LogP contribution in [0.3, 0.4) is 0 Å². The molecule has 1 aliphatic rings. The monoisotopic (exact) mass is 310 g/mol. The minimum absolute atomic E-state index is 0.165. The van der Waals surface area contributed by atoms with E-state index >= 15 is 0 Å². The van der Waals surface area contributed by atoms with E-state index in [1.54, 1.807) is 11.3 Å². The summed E-state index contributed by atoms with van der Waals surface area (Å²) < 4.78 is 0. The zero-order chi connectivity index (χ0) is 15.4. The predicted octanol–water partition coefficient (Wildman–Crippen LogP) is 2.15. The molecule has 0 unspecified atom stereocenters. The van der Waals surface area contributed by atoms with Crippen LogP contribution in [-0.4, -0.2) is 59.6 Å². The van der Waals surface area contributed by atoms with E-state index in [0.29, 0.717) is 0 Å². The Morgan fingerprint density at radius 1 is 1.33 bits per heavy atom. The molecule has 1 aromatic heterocycles. The van der Waals surface area contributed by atoms with Crippen molar-refractivity contribution in [2.45, 2.75) is 39.7 Å². The van der Waals surface area contributed by atoms with Crippen LogP contribution in [0.4, 0.5) is 0 Å². The molecule has 21 heavy (non-hydrogen) atoms. The van der Waals surface area contributed by atoms with Crippen molar-refractivity contribution in [2.24, 2.45) is 0 Å². The Bertz CT molecular complexity index is 479. The van der Waals surface area contributed by atoms with Crippen molar-refractivity contribution < 1.29 is 9.90 Å². The van der Waals surface area contributed by atoms with Gasteiger partial charge >= 0.3 is 0 Å². The van der Waals surface area contributed by atoms with Gasteiger partial charge in [0.1, 0.15) is 0 Å². The summed E-state index contributed by atoms with van der Waals surface area (Å²) in [5.74, 6) is 0.165. The molecule has 0 radical (unpaired) electrons. The quantitative estimate of drug-likeness (QED) is 0.906. The Kier molecular flexibility index (Phi) is 5.79. The van der Waals surface area contributed by atoms with Crippen molar-refractivity contribution in [3.63, 3.8) is 0 Å². The fourth-order valence-corrected chi connectivity index (χ4v) is 3.77. The van der Waals surface area contributed by atoms with Gasteiger partial charge < -0.3 is 10.0 Å². The number of aryl methyl sites for hydroxylation is 2. The fraction of sp³-hybridized carbons (Fsp3) is 0.688. The number of rotatable bonds is 5. The van der Waals surface area contributed by atoms with E-state index in [9.17, 15) is 9.90 Å². The van der Waals surface area contributed by atoms with Gasteiger partial charge in [-0.25, -0.2) is 0 Å². The van der Waals surface area contributed by atoms with Crippen LogP contribution in [0.2, 0.25) is 0 Å². The third-order valence-electron chi connectivity index (χ3n) is 4.15. The number of hydrogen-bond donors (Lipinski definition) is 1. The lowest BCUT2D eigenvalue weighted by atomic mass is 10.2. The van der Waals surface area contributed by atoms with E-state index in [4.69, 9.17) is 0 Å². The summed E-state index contributed by atoms with van der Waals surface area (Å²) in [5, 5.41) is 9.70. The molecule has 0 spiro atoms. The molecule has 1 aliphatic heterocycles. The number of piperazine rings is 1. The van der Waals surface area contributed by atoms with E-state index in [-0.39, 0.29) is 12.0 Å². The zero-order valence-electron chi connectivity index (χ0n) is 13.3. The summed E-state index contributed by atoms with van der Waals surface area (Å²) >= 11 is 1.63. The molecule has 0 aromatic carbocycles. The molecule has 5 heteroatoms. The van der Waals surface area contributed by atoms with Gasteiger partial charge in [-0.05, 0) is 31.4 Å². The van der Waals surface area contributed by atoms with Gasteiger partial charge in [0.2, 0.25) is 0 Å². The van der Waals surface area contributed by atoms with Crippen molar-refractivity contribution in [3.8, 4) is 0 Å². The molecule has 4 nitrogen and oxygen atoms in total. The number of thiophene rings is 1. The maximum atomic E-state index is 12.5. The van der Waals surface area contributed by atoms with Crippen LogP contribution in [0.25, 0.3) is 0 Å². The second kappa shape index (κ2) is 7.38. The molecule has 1 amide bonds. The van der Waals surface area contributed by atoms with Gasteiger partial charge in [0.05, 0.1) is 11.0 Å². The first-order valence-corrected chi connectivity index (χ1v) is 8.65. The number of carbonyl (C=O) groups excluding carboxylic acids is 1. The Morgan fingerprint density at radius 2 is 2.00 bits per heavy atom. The average molecular weight is 310 g/mol. The largest absolute Gasteiger partial charge is 0.392 e. The fourth-order valence-electron chi connectivity index (χ4n) is 2.69. The van der Waals surface area contributed by atoms with E-state index in [1.165, 1.54) is 10.4 Å². The minimum Gasteiger partial charge on any atom is -0.392 e. The van der Waals surface area contributed by atoms with Crippen LogP contribution in [0.5, 0.6) is 0 Å². The van der Waals surface area contributed by atoms with Crippen molar-refractivity contribution in [3.05, 3.63) is 21.4 Å². The maximum absolute atomic E-state index is 12.5. The molecule has 0 aliphatic carbocycles. The third-order valence-corrected chi connectivity index (χ3v) is 5.52. The number of aliphatic hydroxyl groups is 1. The summed E-state index contributed by atoms with van der Waals surface area (Å²) in [5.41, 5.74) is 1.23. The van der Waals surface area contributed by atoms with Crippen molar-refractivity contribution in [1.29, 1.82) is 0 Å². The second-order valence-electron chi connectivity index (χ2n) is 5.73. The molecule has 1 fully saturated rings. The average Bonchev–Trinajstić information content (AvgIpc) is 2.88. The van der Waals surface area contributed by atoms with Crippen molar-refractivity contribution in [2.75, 3.05) is 32.7 Å². The molecule has 1 atom stereocenters. The summed E-state index contributed by atoms with van der Waals surface area (Å²) in [6.07, 6.45) is 1.53. The lowest BCUT2D eigenvalue weighted by Crippen LogP contribution is -2.50. The van der Waals surface area contributed by atoms with Gasteiger partial charge in [-0.15, -0.1) is 11.3 Å². The molecule has 1 aromatic rings. The lowest BCUT2D eigenvalue weighted by Gasteiger charge is -2.35. The maximum Gasteiger partial charge on any atom is 0.264 e. The standard InChI is InChI=1S/C16H26N2O2S/c1-4-13(19)11-17-6-8-18(9-7-17)16(20)15-10-12(3)14(5-2)21-15/h10,13,19H,4-9,11H2,1-3H3/t13-/m1/s1. The van der Waals surface area contributed by atoms with Crippen LogP contribution in [0.15, 0.2) is 6.07 Å². The summed E-state index contributed by atoms with van der Waals surface area (Å²) in [4.78, 5) is 18.9. The van der Waals surface area contributed by atoms with Gasteiger partial charge in [0, 0.05) is 37.6 Å². The Morgan fingerprint density at radius 3 is 2.52 bits per heavy atom. The van der Waals surface area contributed by atoms with E-state index < -0.39 is 0 Å². The molecule has 0 saturated carbocycles. The van der Waals surface area contributed by atoms with Crippen LogP contribution in [0, 0.1) is 6.92 Å². The molecule has 1 saturated heterocycles. The first-order valence-electron chi connectivity index (χ1n) is 7.84. The highest BCUT2D eigenvalue weighted by molar-refractivity contribution is 7.14. The van der Waals surface area contributed by atoms with Crippen molar-refractivity contribution >= 4 is 17.2 Å². The Hall–Kier alpha value is -0.910. The molecule has 1 N–H and O–H groups in total. The number of carbonyl (C=O) groups is 1. The first kappa shape index (κ1) is 16.5. The van der Waals surface area contributed by atoms with Gasteiger partial charge in [-0.2, -0.15) is 0 Å². The first-order chi connectivity index (χ1) is 10.0. The Balaban J connectivity index is 1.90. The summed E-state index contributed by atoms with van der Waals surface area (Å²) in [6.45, 7) is 10.1. The van der Waals surface area contributed by atoms with E-state index in [0.717, 1.165) is 50.4 Å². The highest BCUT2D eigenvalue weighted by Crippen LogP contribution is 2.24. The number of aliphatic hydroxyl groups excluding tert-OH is 1. The van der Waals surface area contributed by atoms with E-state index in [2.05, 4.69) is 18.7 Å². The topological polar surface area (TPSA) is 43.8 Å². The molecule has 118 valence electrons. The minimum atomic E-state index is -0.251. The number of hydrogen-bond acceptors (Lipinski definition) is 4. The van der Waals surface area contributed by atoms with Crippen molar-refractivity contribution in [1.82, 2.24) is 9.80 Å². The van der Waals surface area contributed by atoms with Gasteiger partial charge in [-0.3, -0.25) is 9.69 Å². The number of β-amino-alcohol motifs (C(OH)–C–C–N with tert-alkyl or cyclic N) is 1. The zero-order valence-corrected chi connectivity index (χ0v) is 14.1. The van der Waals surface area contributed by atoms with Gasteiger partial charge in [0.15, 0.2) is 0 Å². The predicted molar refractivity (Wildman–Crippen MR) is 87.1 cm³/mol. The SMILES string of the molecule is CCc1sc(C(=O)N2CCN(C[C@H](O)CC)CC2)cc1C. The second-order valence-corrected chi connectivity index (χ2v) is 6.86. The summed E-state index contributed by atoms with van der Waals surface area (Å²) in [6, 6.07) is 2.03. The molecule has 2 rings (SSSR count). The highest BCUT2D eigenvalue weighted by atomic mass is 32.1. The summed E-state index contributed by atoms with van der Waals surface area (Å²) in [7, 11) is 0. The van der Waals surface area contributed by atoms with Crippen LogP contribution in [0.1, 0.15) is 40.4 Å². The number of nitrogens with zero attached hydrogens (tertiary/aromatic N) is 2. The molecular formula is C16H26N2O2S. The highest BCUT2D eigenvalue weighted by Gasteiger charge is 2.24. The third kappa shape index (κ3) is 4.05. The smallest absolute Gasteiger partial charge is 0.264 e. The molecule has 2 heterocycles.